The Hall–Kier alpha value is -2.94. The molecule has 0 bridgehead atoms. The topological polar surface area (TPSA) is 181 Å². The molecular weight excluding hydrogens is 622 g/mol. The zero-order valence-electron chi connectivity index (χ0n) is 25.8. The largest absolute Gasteiger partial charge is 0.394 e. The highest BCUT2D eigenvalue weighted by atomic mass is 35.5. The van der Waals surface area contributed by atoms with Crippen LogP contribution in [-0.4, -0.2) is 93.3 Å². The summed E-state index contributed by atoms with van der Waals surface area (Å²) in [5, 5.41) is 51.1. The van der Waals surface area contributed by atoms with Gasteiger partial charge in [0.15, 0.2) is 0 Å². The Morgan fingerprint density at radius 3 is 2.36 bits per heavy atom. The third-order valence-electron chi connectivity index (χ3n) is 7.91. The number of aromatic nitrogens is 1. The van der Waals surface area contributed by atoms with E-state index in [1.807, 2.05) is 37.3 Å². The Labute approximate surface area is 269 Å². The predicted octanol–water partition coefficient (Wildman–Crippen LogP) is 2.28. The zero-order valence-corrected chi connectivity index (χ0v) is 27.3. The molecule has 0 saturated heterocycles. The lowest BCUT2D eigenvalue weighted by Gasteiger charge is -2.38. The Morgan fingerprint density at radius 2 is 1.69 bits per heavy atom. The number of aliphatic hydroxyl groups is 5. The minimum absolute atomic E-state index is 0.0419. The van der Waals surface area contributed by atoms with Crippen molar-refractivity contribution < 1.29 is 38.7 Å². The van der Waals surface area contributed by atoms with Crippen LogP contribution in [0.25, 0.3) is 11.1 Å². The molecule has 0 aliphatic heterocycles. The zero-order chi connectivity index (χ0) is 33.5. The number of halogens is 1. The number of rotatable bonds is 15. The lowest BCUT2D eigenvalue weighted by molar-refractivity contribution is -0.126. The smallest absolute Gasteiger partial charge is 0.244 e. The summed E-state index contributed by atoms with van der Waals surface area (Å²) in [5.74, 6) is -0.525. The van der Waals surface area contributed by atoms with Gasteiger partial charge in [-0.05, 0) is 86.2 Å². The van der Waals surface area contributed by atoms with Crippen LogP contribution in [0.5, 0.6) is 0 Å². The Balaban J connectivity index is 1.86. The molecule has 0 saturated carbocycles. The van der Waals surface area contributed by atoms with Crippen molar-refractivity contribution in [3.05, 3.63) is 82.6 Å². The summed E-state index contributed by atoms with van der Waals surface area (Å²) in [6.07, 6.45) is -3.47. The van der Waals surface area contributed by atoms with E-state index in [1.165, 1.54) is 10.4 Å². The van der Waals surface area contributed by atoms with Crippen molar-refractivity contribution in [1.29, 1.82) is 0 Å². The van der Waals surface area contributed by atoms with Crippen LogP contribution >= 0.6 is 11.6 Å². The summed E-state index contributed by atoms with van der Waals surface area (Å²) >= 11 is 6.31. The molecule has 0 aliphatic carbocycles. The van der Waals surface area contributed by atoms with E-state index < -0.39 is 59.0 Å². The van der Waals surface area contributed by atoms with E-state index >= 15 is 0 Å². The number of benzene rings is 2. The molecule has 45 heavy (non-hydrogen) atoms. The summed E-state index contributed by atoms with van der Waals surface area (Å²) in [6, 6.07) is 14.2. The number of aryl methyl sites for hydroxylation is 1. The van der Waals surface area contributed by atoms with Crippen molar-refractivity contribution in [2.45, 2.75) is 75.4 Å². The van der Waals surface area contributed by atoms with Gasteiger partial charge in [-0.25, -0.2) is 8.42 Å². The number of carbonyl (C=O) groups excluding carboxylic acids is 1. The fourth-order valence-corrected chi connectivity index (χ4v) is 7.36. The molecule has 1 aromatic heterocycles. The second kappa shape index (κ2) is 15.6. The number of sulfonamides is 1. The van der Waals surface area contributed by atoms with Crippen LogP contribution in [0.2, 0.25) is 5.02 Å². The van der Waals surface area contributed by atoms with Gasteiger partial charge in [-0.15, -0.1) is 0 Å². The van der Waals surface area contributed by atoms with Gasteiger partial charge in [-0.2, -0.15) is 4.31 Å². The van der Waals surface area contributed by atoms with Gasteiger partial charge < -0.3 is 30.8 Å². The van der Waals surface area contributed by atoms with E-state index in [9.17, 15) is 33.6 Å². The summed E-state index contributed by atoms with van der Waals surface area (Å²) < 4.78 is 29.9. The van der Waals surface area contributed by atoms with Gasteiger partial charge >= 0.3 is 0 Å². The molecule has 13 heteroatoms. The van der Waals surface area contributed by atoms with Gasteiger partial charge in [0.25, 0.3) is 0 Å². The van der Waals surface area contributed by atoms with Gasteiger partial charge in [0.05, 0.1) is 23.1 Å². The molecule has 0 unspecified atom stereocenters. The first-order valence-electron chi connectivity index (χ1n) is 14.5. The van der Waals surface area contributed by atoms with E-state index in [1.54, 1.807) is 45.3 Å². The molecule has 3 aromatic rings. The molecule has 246 valence electrons. The quantitative estimate of drug-likeness (QED) is 0.142. The number of pyridine rings is 1. The second-order valence-corrected chi connectivity index (χ2v) is 13.7. The van der Waals surface area contributed by atoms with Crippen molar-refractivity contribution in [3.8, 4) is 11.1 Å². The van der Waals surface area contributed by atoms with Crippen LogP contribution in [0.4, 0.5) is 0 Å². The number of nitrogens with one attached hydrogen (secondary N) is 1. The standard InChI is InChI=1S/C32H42ClN3O8S/c1-20-17-34-14-13-24(20)22-8-5-9-23(16-22)32(3,4)36(45(43,44)28-11-6-10-25(33)21(28)2)15-7-12-29(40)35-18-26(38)30(41)31(42)27(39)19-37/h5-6,8-11,13-14,16-17,26-27,30-31,37-39,41-42H,7,12,15,18-19H2,1-4H3,(H,35,40)/t26-,27+,30+,31+/m1/s1. The van der Waals surface area contributed by atoms with Gasteiger partial charge in [0.2, 0.25) is 15.9 Å². The summed E-state index contributed by atoms with van der Waals surface area (Å²) in [6.45, 7) is 5.88. The Morgan fingerprint density at radius 1 is 1.02 bits per heavy atom. The lowest BCUT2D eigenvalue weighted by atomic mass is 9.90. The fourth-order valence-electron chi connectivity index (χ4n) is 5.07. The maximum atomic E-state index is 14.3. The van der Waals surface area contributed by atoms with Crippen LogP contribution in [0.15, 0.2) is 65.8 Å². The first kappa shape index (κ1) is 36.5. The van der Waals surface area contributed by atoms with Crippen LogP contribution in [0, 0.1) is 13.8 Å². The monoisotopic (exact) mass is 663 g/mol. The highest BCUT2D eigenvalue weighted by Gasteiger charge is 2.39. The highest BCUT2D eigenvalue weighted by molar-refractivity contribution is 7.89. The minimum atomic E-state index is -4.14. The molecule has 1 amide bonds. The average Bonchev–Trinajstić information content (AvgIpc) is 3.01. The lowest BCUT2D eigenvalue weighted by Crippen LogP contribution is -2.49. The Kier molecular flexibility index (Phi) is 12.6. The molecule has 2 aromatic carbocycles. The van der Waals surface area contributed by atoms with Crippen LogP contribution in [0.3, 0.4) is 0 Å². The maximum Gasteiger partial charge on any atom is 0.244 e. The Bertz CT molecular complexity index is 1570. The molecule has 0 aliphatic rings. The first-order chi connectivity index (χ1) is 21.1. The number of aliphatic hydroxyl groups excluding tert-OH is 5. The molecule has 0 fully saturated rings. The van der Waals surface area contributed by atoms with Gasteiger partial charge in [0.1, 0.15) is 18.3 Å². The highest BCUT2D eigenvalue weighted by Crippen LogP contribution is 2.37. The van der Waals surface area contributed by atoms with Gasteiger partial charge in [0, 0.05) is 36.9 Å². The minimum Gasteiger partial charge on any atom is -0.394 e. The molecule has 0 radical (unpaired) electrons. The predicted molar refractivity (Wildman–Crippen MR) is 171 cm³/mol. The van der Waals surface area contributed by atoms with Crippen LogP contribution in [-0.2, 0) is 20.4 Å². The number of nitrogens with zero attached hydrogens (tertiary/aromatic N) is 2. The molecule has 3 rings (SSSR count). The molecule has 11 nitrogen and oxygen atoms in total. The second-order valence-electron chi connectivity index (χ2n) is 11.5. The van der Waals surface area contributed by atoms with E-state index in [-0.39, 0.29) is 24.3 Å². The van der Waals surface area contributed by atoms with E-state index in [2.05, 4.69) is 10.3 Å². The van der Waals surface area contributed by atoms with Crippen molar-refractivity contribution in [2.75, 3.05) is 19.7 Å². The SMILES string of the molecule is Cc1cnccc1-c1cccc(C(C)(C)N(CCCC(=O)NC[C@@H](O)[C@H](O)[C@@H](O)[C@@H](O)CO)S(=O)(=O)c2cccc(Cl)c2C)c1. The van der Waals surface area contributed by atoms with E-state index in [0.717, 1.165) is 22.3 Å². The van der Waals surface area contributed by atoms with Gasteiger partial charge in [-0.3, -0.25) is 9.78 Å². The first-order valence-corrected chi connectivity index (χ1v) is 16.3. The van der Waals surface area contributed by atoms with Crippen LogP contribution in [0.1, 0.15) is 43.4 Å². The van der Waals surface area contributed by atoms with Crippen molar-refractivity contribution in [3.63, 3.8) is 0 Å². The fraction of sp³-hybridized carbons (Fsp3) is 0.438. The average molecular weight is 664 g/mol. The summed E-state index contributed by atoms with van der Waals surface area (Å²) in [4.78, 5) is 16.8. The maximum absolute atomic E-state index is 14.3. The number of carbonyl (C=O) groups is 1. The summed E-state index contributed by atoms with van der Waals surface area (Å²) in [7, 11) is -4.14. The molecule has 6 N–H and O–H groups in total. The number of amides is 1. The number of hydrogen-bond acceptors (Lipinski definition) is 9. The van der Waals surface area contributed by atoms with Crippen molar-refractivity contribution in [2.24, 2.45) is 0 Å². The molecule has 0 spiro atoms. The summed E-state index contributed by atoms with van der Waals surface area (Å²) in [5.41, 5.74) is 2.88. The van der Waals surface area contributed by atoms with Crippen molar-refractivity contribution >= 4 is 27.5 Å². The van der Waals surface area contributed by atoms with Crippen molar-refractivity contribution in [1.82, 2.24) is 14.6 Å². The molecular formula is C32H42ClN3O8S. The van der Waals surface area contributed by atoms with Crippen LogP contribution < -0.4 is 5.32 Å². The molecule has 1 heterocycles. The van der Waals surface area contributed by atoms with Gasteiger partial charge in [-0.1, -0.05) is 35.9 Å². The molecule has 4 atom stereocenters. The number of hydrogen-bond donors (Lipinski definition) is 6. The van der Waals surface area contributed by atoms with E-state index in [0.29, 0.717) is 10.6 Å². The third kappa shape index (κ3) is 8.66. The normalized spacial score (nSPS) is 15.0. The third-order valence-corrected chi connectivity index (χ3v) is 10.5. The van der Waals surface area contributed by atoms with E-state index in [4.69, 9.17) is 16.7 Å².